The van der Waals surface area contributed by atoms with Gasteiger partial charge >= 0.3 is 0 Å². The highest BCUT2D eigenvalue weighted by molar-refractivity contribution is 9.10. The van der Waals surface area contributed by atoms with Crippen LogP contribution < -0.4 is 14.9 Å². The molecule has 0 aromatic heterocycles. The zero-order valence-electron chi connectivity index (χ0n) is 16.6. The van der Waals surface area contributed by atoms with E-state index < -0.39 is 0 Å². The Morgan fingerprint density at radius 2 is 1.81 bits per heavy atom. The molecule has 0 heterocycles. The molecule has 3 rings (SSSR count). The van der Waals surface area contributed by atoms with Gasteiger partial charge in [-0.1, -0.05) is 53.5 Å². The first-order valence-corrected chi connectivity index (χ1v) is 10.9. The summed E-state index contributed by atoms with van der Waals surface area (Å²) in [5.74, 6) is 0.554. The van der Waals surface area contributed by atoms with Gasteiger partial charge in [-0.25, -0.2) is 5.43 Å². The van der Waals surface area contributed by atoms with E-state index in [9.17, 15) is 4.79 Å². The van der Waals surface area contributed by atoms with Crippen LogP contribution in [0.2, 0.25) is 10.0 Å². The molecule has 0 saturated heterocycles. The smallest absolute Gasteiger partial charge is 0.272 e. The summed E-state index contributed by atoms with van der Waals surface area (Å²) in [7, 11) is 0. The standard InChI is InChI=1S/C23H19BrCl2N2O3/c1-2-30-21-12-15(13-27-28-23(29)17-8-4-5-9-18(17)24)11-20(26)22(21)31-14-16-7-3-6-10-19(16)25/h3-13H,2,14H2,1H3,(H,28,29)/b27-13+. The maximum atomic E-state index is 12.3. The first kappa shape index (κ1) is 23.1. The zero-order valence-corrected chi connectivity index (χ0v) is 19.7. The fourth-order valence-corrected chi connectivity index (χ4v) is 3.63. The molecule has 1 N–H and O–H groups in total. The van der Waals surface area contributed by atoms with Crippen molar-refractivity contribution in [3.8, 4) is 11.5 Å². The van der Waals surface area contributed by atoms with E-state index in [0.717, 1.165) is 5.56 Å². The molecule has 0 radical (unpaired) electrons. The number of nitrogens with zero attached hydrogens (tertiary/aromatic N) is 1. The van der Waals surface area contributed by atoms with Gasteiger partial charge in [0.2, 0.25) is 0 Å². The summed E-state index contributed by atoms with van der Waals surface area (Å²) in [6, 6.07) is 17.9. The van der Waals surface area contributed by atoms with Gasteiger partial charge in [0.25, 0.3) is 5.91 Å². The van der Waals surface area contributed by atoms with Crippen LogP contribution in [0, 0.1) is 0 Å². The second kappa shape index (κ2) is 11.2. The molecule has 0 aliphatic rings. The van der Waals surface area contributed by atoms with Crippen LogP contribution in [0.4, 0.5) is 0 Å². The molecule has 0 unspecified atom stereocenters. The molecule has 0 atom stereocenters. The molecule has 3 aromatic rings. The third-order valence-corrected chi connectivity index (χ3v) is 5.50. The summed E-state index contributed by atoms with van der Waals surface area (Å²) in [6.07, 6.45) is 1.49. The summed E-state index contributed by atoms with van der Waals surface area (Å²) < 4.78 is 12.3. The Bertz CT molecular complexity index is 1110. The number of hydrogen-bond acceptors (Lipinski definition) is 4. The fraction of sp³-hybridized carbons (Fsp3) is 0.130. The lowest BCUT2D eigenvalue weighted by Crippen LogP contribution is -2.18. The van der Waals surface area contributed by atoms with Gasteiger partial charge in [0.05, 0.1) is 23.4 Å². The monoisotopic (exact) mass is 520 g/mol. The summed E-state index contributed by atoms with van der Waals surface area (Å²) in [5, 5.41) is 4.99. The van der Waals surface area contributed by atoms with Gasteiger partial charge in [-0.3, -0.25) is 4.79 Å². The summed E-state index contributed by atoms with van der Waals surface area (Å²) >= 11 is 16.0. The first-order valence-electron chi connectivity index (χ1n) is 9.40. The second-order valence-corrected chi connectivity index (χ2v) is 7.99. The van der Waals surface area contributed by atoms with Crippen molar-refractivity contribution in [2.75, 3.05) is 6.61 Å². The number of benzene rings is 3. The van der Waals surface area contributed by atoms with Gasteiger partial charge in [0.1, 0.15) is 6.61 Å². The van der Waals surface area contributed by atoms with Crippen LogP contribution in [0.1, 0.15) is 28.4 Å². The van der Waals surface area contributed by atoms with E-state index in [1.54, 1.807) is 36.4 Å². The number of amides is 1. The van der Waals surface area contributed by atoms with Crippen LogP contribution in [-0.2, 0) is 6.61 Å². The van der Waals surface area contributed by atoms with E-state index in [-0.39, 0.29) is 12.5 Å². The van der Waals surface area contributed by atoms with Crippen LogP contribution in [-0.4, -0.2) is 18.7 Å². The predicted octanol–water partition coefficient (Wildman–Crippen LogP) is 6.50. The Hall–Kier alpha value is -2.54. The number of carbonyl (C=O) groups is 1. The topological polar surface area (TPSA) is 59.9 Å². The molecular formula is C23H19BrCl2N2O3. The van der Waals surface area contributed by atoms with Crippen LogP contribution in [0.3, 0.4) is 0 Å². The van der Waals surface area contributed by atoms with Crippen LogP contribution >= 0.6 is 39.1 Å². The van der Waals surface area contributed by atoms with E-state index in [1.807, 2.05) is 31.2 Å². The highest BCUT2D eigenvalue weighted by atomic mass is 79.9. The highest BCUT2D eigenvalue weighted by Crippen LogP contribution is 2.37. The van der Waals surface area contributed by atoms with Crippen LogP contribution in [0.25, 0.3) is 0 Å². The number of halogens is 3. The van der Waals surface area contributed by atoms with Gasteiger partial charge in [-0.15, -0.1) is 0 Å². The van der Waals surface area contributed by atoms with Gasteiger partial charge in [-0.05, 0) is 58.7 Å². The summed E-state index contributed by atoms with van der Waals surface area (Å²) in [4.78, 5) is 12.3. The number of carbonyl (C=O) groups excluding carboxylic acids is 1. The van der Waals surface area contributed by atoms with Crippen molar-refractivity contribution in [3.05, 3.63) is 91.9 Å². The summed E-state index contributed by atoms with van der Waals surface area (Å²) in [5.41, 5.74) is 4.46. The third-order valence-electron chi connectivity index (χ3n) is 4.16. The van der Waals surface area contributed by atoms with Gasteiger partial charge in [0.15, 0.2) is 11.5 Å². The molecule has 0 bridgehead atoms. The first-order chi connectivity index (χ1) is 15.0. The maximum absolute atomic E-state index is 12.3. The minimum atomic E-state index is -0.334. The molecular weight excluding hydrogens is 503 g/mol. The van der Waals surface area contributed by atoms with Gasteiger partial charge in [-0.2, -0.15) is 5.10 Å². The van der Waals surface area contributed by atoms with E-state index in [0.29, 0.717) is 43.8 Å². The van der Waals surface area contributed by atoms with Crippen molar-refractivity contribution in [2.24, 2.45) is 5.10 Å². The van der Waals surface area contributed by atoms with Crippen LogP contribution in [0.15, 0.2) is 70.2 Å². The molecule has 0 saturated carbocycles. The van der Waals surface area contributed by atoms with Crippen molar-refractivity contribution >= 4 is 51.3 Å². The number of rotatable bonds is 8. The molecule has 0 aliphatic carbocycles. The van der Waals surface area contributed by atoms with Gasteiger partial charge < -0.3 is 9.47 Å². The van der Waals surface area contributed by atoms with Crippen molar-refractivity contribution < 1.29 is 14.3 Å². The molecule has 5 nitrogen and oxygen atoms in total. The molecule has 0 spiro atoms. The normalized spacial score (nSPS) is 10.8. The summed E-state index contributed by atoms with van der Waals surface area (Å²) in [6.45, 7) is 2.54. The maximum Gasteiger partial charge on any atom is 0.272 e. The molecule has 160 valence electrons. The molecule has 1 amide bonds. The predicted molar refractivity (Wildman–Crippen MR) is 128 cm³/mol. The molecule has 31 heavy (non-hydrogen) atoms. The van der Waals surface area contributed by atoms with Crippen molar-refractivity contribution in [1.82, 2.24) is 5.43 Å². The Morgan fingerprint density at radius 1 is 1.06 bits per heavy atom. The lowest BCUT2D eigenvalue weighted by molar-refractivity contribution is 0.0954. The average molecular weight is 522 g/mol. The fourth-order valence-electron chi connectivity index (χ4n) is 2.70. The molecule has 0 aliphatic heterocycles. The Kier molecular flexibility index (Phi) is 8.35. The van der Waals surface area contributed by atoms with Gasteiger partial charge in [0, 0.05) is 15.1 Å². The van der Waals surface area contributed by atoms with Crippen molar-refractivity contribution in [1.29, 1.82) is 0 Å². The van der Waals surface area contributed by atoms with E-state index in [4.69, 9.17) is 32.7 Å². The van der Waals surface area contributed by atoms with E-state index in [1.165, 1.54) is 6.21 Å². The lowest BCUT2D eigenvalue weighted by atomic mass is 10.2. The second-order valence-electron chi connectivity index (χ2n) is 6.32. The zero-order chi connectivity index (χ0) is 22.2. The minimum absolute atomic E-state index is 0.245. The number of ether oxygens (including phenoxy) is 2. The molecule has 8 heteroatoms. The van der Waals surface area contributed by atoms with Crippen molar-refractivity contribution in [2.45, 2.75) is 13.5 Å². The van der Waals surface area contributed by atoms with Crippen LogP contribution in [0.5, 0.6) is 11.5 Å². The molecule has 0 fully saturated rings. The third kappa shape index (κ3) is 6.23. The van der Waals surface area contributed by atoms with E-state index >= 15 is 0 Å². The molecule has 3 aromatic carbocycles. The average Bonchev–Trinajstić information content (AvgIpc) is 2.75. The number of hydrogen-bond donors (Lipinski definition) is 1. The highest BCUT2D eigenvalue weighted by Gasteiger charge is 2.14. The SMILES string of the molecule is CCOc1cc(/C=N/NC(=O)c2ccccc2Br)cc(Cl)c1OCc1ccccc1Cl. The quantitative estimate of drug-likeness (QED) is 0.272. The largest absolute Gasteiger partial charge is 0.490 e. The Labute approximate surface area is 199 Å². The lowest BCUT2D eigenvalue weighted by Gasteiger charge is -2.15. The van der Waals surface area contributed by atoms with E-state index in [2.05, 4.69) is 26.5 Å². The Morgan fingerprint density at radius 3 is 2.55 bits per heavy atom. The minimum Gasteiger partial charge on any atom is -0.490 e. The van der Waals surface area contributed by atoms with Crippen molar-refractivity contribution in [3.63, 3.8) is 0 Å². The number of nitrogens with one attached hydrogen (secondary N) is 1. The number of hydrazone groups is 1. The Balaban J connectivity index is 1.74.